The molecule has 0 amide bonds. The lowest BCUT2D eigenvalue weighted by Crippen LogP contribution is -2.01. The molecule has 0 radical (unpaired) electrons. The van der Waals surface area contributed by atoms with E-state index in [2.05, 4.69) is 57.0 Å². The molecule has 2 aromatic carbocycles. The van der Waals surface area contributed by atoms with Crippen LogP contribution in [0.2, 0.25) is 0 Å². The van der Waals surface area contributed by atoms with E-state index in [0.717, 1.165) is 11.2 Å². The van der Waals surface area contributed by atoms with Crippen LogP contribution in [0.1, 0.15) is 11.3 Å². The summed E-state index contributed by atoms with van der Waals surface area (Å²) in [6, 6.07) is 22.5. The van der Waals surface area contributed by atoms with Crippen LogP contribution in [0.15, 0.2) is 79.1 Å². The molecule has 23 heavy (non-hydrogen) atoms. The van der Waals surface area contributed by atoms with Crippen molar-refractivity contribution in [3.63, 3.8) is 0 Å². The summed E-state index contributed by atoms with van der Waals surface area (Å²) in [5.74, 6) is 0.682. The highest BCUT2D eigenvalue weighted by Gasteiger charge is 2.09. The Bertz CT molecular complexity index is 954. The molecule has 0 spiro atoms. The number of hydrogen-bond donors (Lipinski definition) is 0. The van der Waals surface area contributed by atoms with Crippen LogP contribution < -0.4 is 0 Å². The topological polar surface area (TPSA) is 30.7 Å². The number of rotatable bonds is 3. The molecule has 0 unspecified atom stereocenters. The van der Waals surface area contributed by atoms with Gasteiger partial charge in [0.2, 0.25) is 5.95 Å². The van der Waals surface area contributed by atoms with Gasteiger partial charge in [0.25, 0.3) is 0 Å². The van der Waals surface area contributed by atoms with E-state index >= 15 is 0 Å². The molecular weight excluding hydrogens is 282 g/mol. The zero-order chi connectivity index (χ0) is 15.5. The monoisotopic (exact) mass is 297 g/mol. The quantitative estimate of drug-likeness (QED) is 0.553. The number of benzene rings is 2. The minimum atomic E-state index is 0.682. The van der Waals surface area contributed by atoms with Crippen molar-refractivity contribution in [1.29, 1.82) is 0 Å². The van der Waals surface area contributed by atoms with Gasteiger partial charge in [-0.2, -0.15) is 0 Å². The van der Waals surface area contributed by atoms with E-state index in [1.807, 2.05) is 36.4 Å². The van der Waals surface area contributed by atoms with Gasteiger partial charge in [-0.3, -0.25) is 4.57 Å². The Kier molecular flexibility index (Phi) is 3.45. The number of para-hydroxylation sites is 1. The van der Waals surface area contributed by atoms with Gasteiger partial charge in [0.15, 0.2) is 0 Å². The van der Waals surface area contributed by atoms with Crippen LogP contribution >= 0.6 is 0 Å². The Labute approximate surface area is 134 Å². The second-order valence-electron chi connectivity index (χ2n) is 5.26. The number of aromatic nitrogens is 3. The molecule has 0 fully saturated rings. The molecule has 110 valence electrons. The third kappa shape index (κ3) is 2.64. The van der Waals surface area contributed by atoms with Crippen molar-refractivity contribution in [2.24, 2.45) is 0 Å². The van der Waals surface area contributed by atoms with Crippen LogP contribution in [-0.4, -0.2) is 14.5 Å². The standard InChI is InChI=1S/C20H15N3/c1-2-7-16(8-3-1)11-12-18-15-17-9-4-5-10-19(17)23(18)20-21-13-6-14-22-20/h1-15H/b12-11+. The van der Waals surface area contributed by atoms with Crippen molar-refractivity contribution in [2.75, 3.05) is 0 Å². The van der Waals surface area contributed by atoms with E-state index in [1.165, 1.54) is 10.9 Å². The second kappa shape index (κ2) is 5.89. The lowest BCUT2D eigenvalue weighted by molar-refractivity contribution is 0.953. The zero-order valence-corrected chi connectivity index (χ0v) is 12.5. The van der Waals surface area contributed by atoms with E-state index in [0.29, 0.717) is 5.95 Å². The maximum absolute atomic E-state index is 4.40. The fourth-order valence-electron chi connectivity index (χ4n) is 2.67. The first kappa shape index (κ1) is 13.5. The molecule has 0 N–H and O–H groups in total. The predicted molar refractivity (Wildman–Crippen MR) is 94.2 cm³/mol. The summed E-state index contributed by atoms with van der Waals surface area (Å²) in [6.07, 6.45) is 7.74. The minimum Gasteiger partial charge on any atom is -0.279 e. The zero-order valence-electron chi connectivity index (χ0n) is 12.5. The molecule has 3 nitrogen and oxygen atoms in total. The van der Waals surface area contributed by atoms with Gasteiger partial charge in [-0.25, -0.2) is 9.97 Å². The summed E-state index contributed by atoms with van der Waals surface area (Å²) >= 11 is 0. The van der Waals surface area contributed by atoms with Crippen LogP contribution in [0, 0.1) is 0 Å². The maximum atomic E-state index is 4.40. The predicted octanol–water partition coefficient (Wildman–Crippen LogP) is 4.59. The maximum Gasteiger partial charge on any atom is 0.234 e. The molecule has 0 bridgehead atoms. The van der Waals surface area contributed by atoms with Crippen molar-refractivity contribution < 1.29 is 0 Å². The first-order chi connectivity index (χ1) is 11.4. The molecule has 4 rings (SSSR count). The van der Waals surface area contributed by atoms with E-state index < -0.39 is 0 Å². The Hall–Kier alpha value is -3.20. The summed E-state index contributed by atoms with van der Waals surface area (Å²) in [5.41, 5.74) is 3.32. The van der Waals surface area contributed by atoms with Crippen molar-refractivity contribution in [3.8, 4) is 5.95 Å². The van der Waals surface area contributed by atoms with Crippen molar-refractivity contribution >= 4 is 23.1 Å². The molecule has 2 heterocycles. The number of fused-ring (bicyclic) bond motifs is 1. The van der Waals surface area contributed by atoms with Crippen molar-refractivity contribution in [3.05, 3.63) is 90.4 Å². The summed E-state index contributed by atoms with van der Waals surface area (Å²) in [4.78, 5) is 8.81. The summed E-state index contributed by atoms with van der Waals surface area (Å²) in [5, 5.41) is 1.17. The minimum absolute atomic E-state index is 0.682. The van der Waals surface area contributed by atoms with Gasteiger partial charge in [-0.1, -0.05) is 54.6 Å². The third-order valence-corrected chi connectivity index (χ3v) is 3.74. The highest BCUT2D eigenvalue weighted by Crippen LogP contribution is 2.24. The fourth-order valence-corrected chi connectivity index (χ4v) is 2.67. The van der Waals surface area contributed by atoms with Gasteiger partial charge in [0.1, 0.15) is 0 Å². The third-order valence-electron chi connectivity index (χ3n) is 3.74. The number of hydrogen-bond acceptors (Lipinski definition) is 2. The molecular formula is C20H15N3. The highest BCUT2D eigenvalue weighted by molar-refractivity contribution is 5.86. The highest BCUT2D eigenvalue weighted by atomic mass is 15.1. The van der Waals surface area contributed by atoms with E-state index in [-0.39, 0.29) is 0 Å². The van der Waals surface area contributed by atoms with Gasteiger partial charge >= 0.3 is 0 Å². The molecule has 0 saturated heterocycles. The SMILES string of the molecule is C(=C\c1cc2ccccc2n1-c1ncccn1)/c1ccccc1. The van der Waals surface area contributed by atoms with Gasteiger partial charge in [-0.05, 0) is 29.8 Å². The normalized spacial score (nSPS) is 11.3. The Morgan fingerprint density at radius 1 is 0.739 bits per heavy atom. The fraction of sp³-hybridized carbons (Fsp3) is 0. The van der Waals surface area contributed by atoms with Crippen molar-refractivity contribution in [2.45, 2.75) is 0 Å². The lowest BCUT2D eigenvalue weighted by atomic mass is 10.2. The second-order valence-corrected chi connectivity index (χ2v) is 5.26. The average molecular weight is 297 g/mol. The molecule has 0 saturated carbocycles. The molecule has 0 atom stereocenters. The van der Waals surface area contributed by atoms with E-state index in [1.54, 1.807) is 12.4 Å². The van der Waals surface area contributed by atoms with Crippen LogP contribution in [0.3, 0.4) is 0 Å². The molecule has 3 heteroatoms. The molecule has 4 aromatic rings. The van der Waals surface area contributed by atoms with Gasteiger partial charge in [0.05, 0.1) is 5.52 Å². The van der Waals surface area contributed by atoms with Gasteiger partial charge in [0, 0.05) is 23.5 Å². The first-order valence-corrected chi connectivity index (χ1v) is 7.53. The number of nitrogens with zero attached hydrogens (tertiary/aromatic N) is 3. The van der Waals surface area contributed by atoms with Crippen LogP contribution in [0.4, 0.5) is 0 Å². The van der Waals surface area contributed by atoms with E-state index in [9.17, 15) is 0 Å². The molecule has 0 aliphatic rings. The largest absolute Gasteiger partial charge is 0.279 e. The molecule has 0 aliphatic carbocycles. The van der Waals surface area contributed by atoms with E-state index in [4.69, 9.17) is 0 Å². The first-order valence-electron chi connectivity index (χ1n) is 7.53. The van der Waals surface area contributed by atoms with Crippen LogP contribution in [0.5, 0.6) is 0 Å². The van der Waals surface area contributed by atoms with Crippen LogP contribution in [-0.2, 0) is 0 Å². The Morgan fingerprint density at radius 3 is 2.30 bits per heavy atom. The Morgan fingerprint density at radius 2 is 1.48 bits per heavy atom. The molecule has 2 aromatic heterocycles. The smallest absolute Gasteiger partial charge is 0.234 e. The van der Waals surface area contributed by atoms with Crippen molar-refractivity contribution in [1.82, 2.24) is 14.5 Å². The van der Waals surface area contributed by atoms with Gasteiger partial charge in [-0.15, -0.1) is 0 Å². The summed E-state index contributed by atoms with van der Waals surface area (Å²) < 4.78 is 2.08. The molecule has 0 aliphatic heterocycles. The average Bonchev–Trinajstić information content (AvgIpc) is 3.00. The van der Waals surface area contributed by atoms with Gasteiger partial charge < -0.3 is 0 Å². The summed E-state index contributed by atoms with van der Waals surface area (Å²) in [7, 11) is 0. The Balaban J connectivity index is 1.88. The van der Waals surface area contributed by atoms with Crippen LogP contribution in [0.25, 0.3) is 29.0 Å². The lowest BCUT2D eigenvalue weighted by Gasteiger charge is -2.05. The summed E-state index contributed by atoms with van der Waals surface area (Å²) in [6.45, 7) is 0.